The molecule has 0 aromatic rings. The zero-order valence-corrected chi connectivity index (χ0v) is 6.94. The lowest BCUT2D eigenvalue weighted by Gasteiger charge is -2.20. The Balaban J connectivity index is 3.71. The van der Waals surface area contributed by atoms with E-state index < -0.39 is 0 Å². The number of aliphatic imine (C=N–C) groups is 1. The average molecular weight is 127 g/mol. The summed E-state index contributed by atoms with van der Waals surface area (Å²) in [6, 6.07) is 0. The minimum Gasteiger partial charge on any atom is -0.295 e. The van der Waals surface area contributed by atoms with Crippen LogP contribution in [0.4, 0.5) is 0 Å². The van der Waals surface area contributed by atoms with Gasteiger partial charge < -0.3 is 0 Å². The molecule has 1 nitrogen and oxygen atoms in total. The minimum absolute atomic E-state index is 0.0775. The molecule has 54 valence electrons. The van der Waals surface area contributed by atoms with Crippen LogP contribution in [0.3, 0.4) is 0 Å². The Hall–Kier alpha value is -0.330. The summed E-state index contributed by atoms with van der Waals surface area (Å²) in [6.45, 7) is 12.2. The Morgan fingerprint density at radius 2 is 1.89 bits per heavy atom. The fourth-order valence-electron chi connectivity index (χ4n) is 1.06. The molecule has 0 aromatic carbocycles. The standard InChI is InChI=1S/C8H17N/c1-7(2)6-8(3,4)9-5/h7H,5-6H2,1-4H3. The maximum absolute atomic E-state index is 4.01. The lowest BCUT2D eigenvalue weighted by molar-refractivity contribution is 0.405. The van der Waals surface area contributed by atoms with Gasteiger partial charge in [-0.25, -0.2) is 0 Å². The molecular weight excluding hydrogens is 110 g/mol. The monoisotopic (exact) mass is 127 g/mol. The van der Waals surface area contributed by atoms with Crippen molar-refractivity contribution in [3.8, 4) is 0 Å². The SMILES string of the molecule is C=NC(C)(C)CC(C)C. The van der Waals surface area contributed by atoms with Crippen molar-refractivity contribution in [2.45, 2.75) is 39.7 Å². The largest absolute Gasteiger partial charge is 0.295 e. The Kier molecular flexibility index (Phi) is 2.89. The van der Waals surface area contributed by atoms with E-state index in [1.807, 2.05) is 0 Å². The number of hydrogen-bond donors (Lipinski definition) is 0. The van der Waals surface area contributed by atoms with Crippen molar-refractivity contribution in [2.24, 2.45) is 10.9 Å². The van der Waals surface area contributed by atoms with Crippen molar-refractivity contribution in [3.63, 3.8) is 0 Å². The third-order valence-corrected chi connectivity index (χ3v) is 1.34. The van der Waals surface area contributed by atoms with E-state index in [9.17, 15) is 0 Å². The van der Waals surface area contributed by atoms with Crippen molar-refractivity contribution in [1.29, 1.82) is 0 Å². The predicted octanol–water partition coefficient (Wildman–Crippen LogP) is 2.51. The summed E-state index contributed by atoms with van der Waals surface area (Å²) in [7, 11) is 0. The van der Waals surface area contributed by atoms with Gasteiger partial charge in [0.1, 0.15) is 0 Å². The van der Waals surface area contributed by atoms with Crippen molar-refractivity contribution < 1.29 is 0 Å². The number of nitrogens with zero attached hydrogens (tertiary/aromatic N) is 1. The van der Waals surface area contributed by atoms with Crippen molar-refractivity contribution in [3.05, 3.63) is 0 Å². The molecule has 0 amide bonds. The molecule has 0 spiro atoms. The summed E-state index contributed by atoms with van der Waals surface area (Å²) >= 11 is 0. The van der Waals surface area contributed by atoms with Gasteiger partial charge in [-0.05, 0) is 32.9 Å². The average Bonchev–Trinajstić information content (AvgIpc) is 1.63. The molecule has 0 unspecified atom stereocenters. The zero-order chi connectivity index (χ0) is 7.49. The lowest BCUT2D eigenvalue weighted by atomic mass is 9.94. The van der Waals surface area contributed by atoms with E-state index >= 15 is 0 Å². The van der Waals surface area contributed by atoms with Crippen LogP contribution in [0.2, 0.25) is 0 Å². The first-order chi connectivity index (χ1) is 3.98. The molecule has 0 fully saturated rings. The van der Waals surface area contributed by atoms with Gasteiger partial charge >= 0.3 is 0 Å². The van der Waals surface area contributed by atoms with Crippen LogP contribution in [-0.4, -0.2) is 12.3 Å². The van der Waals surface area contributed by atoms with Gasteiger partial charge in [-0.2, -0.15) is 0 Å². The summed E-state index contributed by atoms with van der Waals surface area (Å²) in [5.74, 6) is 0.713. The molecule has 9 heavy (non-hydrogen) atoms. The Morgan fingerprint density at radius 1 is 1.44 bits per heavy atom. The molecule has 0 rings (SSSR count). The molecule has 0 saturated carbocycles. The first-order valence-electron chi connectivity index (χ1n) is 3.46. The molecule has 0 bridgehead atoms. The Labute approximate surface area is 58.2 Å². The van der Waals surface area contributed by atoms with Gasteiger partial charge in [-0.15, -0.1) is 0 Å². The summed E-state index contributed by atoms with van der Waals surface area (Å²) in [5, 5.41) is 0. The number of rotatable bonds is 3. The van der Waals surface area contributed by atoms with Crippen LogP contribution in [0.5, 0.6) is 0 Å². The topological polar surface area (TPSA) is 12.4 Å². The van der Waals surface area contributed by atoms with Crippen molar-refractivity contribution >= 4 is 6.72 Å². The highest BCUT2D eigenvalue weighted by Crippen LogP contribution is 2.18. The van der Waals surface area contributed by atoms with Gasteiger partial charge in [0.2, 0.25) is 0 Å². The maximum Gasteiger partial charge on any atom is 0.0547 e. The van der Waals surface area contributed by atoms with Gasteiger partial charge in [0.15, 0.2) is 0 Å². The summed E-state index contributed by atoms with van der Waals surface area (Å²) in [6.07, 6.45) is 1.12. The normalized spacial score (nSPS) is 12.1. The zero-order valence-electron chi connectivity index (χ0n) is 6.94. The summed E-state index contributed by atoms with van der Waals surface area (Å²) in [4.78, 5) is 4.01. The summed E-state index contributed by atoms with van der Waals surface area (Å²) < 4.78 is 0. The van der Waals surface area contributed by atoms with Gasteiger partial charge in [0.05, 0.1) is 5.54 Å². The van der Waals surface area contributed by atoms with Gasteiger partial charge in [-0.1, -0.05) is 13.8 Å². The fraction of sp³-hybridized carbons (Fsp3) is 0.875. The molecule has 0 N–H and O–H groups in total. The van der Waals surface area contributed by atoms with Crippen LogP contribution in [0.25, 0.3) is 0 Å². The molecular formula is C8H17N. The van der Waals surface area contributed by atoms with E-state index in [-0.39, 0.29) is 5.54 Å². The maximum atomic E-state index is 4.01. The smallest absolute Gasteiger partial charge is 0.0547 e. The van der Waals surface area contributed by atoms with Crippen LogP contribution in [-0.2, 0) is 0 Å². The van der Waals surface area contributed by atoms with Crippen LogP contribution >= 0.6 is 0 Å². The molecule has 0 radical (unpaired) electrons. The lowest BCUT2D eigenvalue weighted by Crippen LogP contribution is -2.18. The van der Waals surface area contributed by atoms with Crippen molar-refractivity contribution in [2.75, 3.05) is 0 Å². The van der Waals surface area contributed by atoms with E-state index in [0.29, 0.717) is 5.92 Å². The second-order valence-corrected chi connectivity index (χ2v) is 3.57. The molecule has 1 heteroatoms. The van der Waals surface area contributed by atoms with E-state index in [1.165, 1.54) is 0 Å². The summed E-state index contributed by atoms with van der Waals surface area (Å²) in [5.41, 5.74) is 0.0775. The molecule has 0 aliphatic carbocycles. The van der Waals surface area contributed by atoms with E-state index in [2.05, 4.69) is 39.4 Å². The first kappa shape index (κ1) is 8.67. The van der Waals surface area contributed by atoms with E-state index in [0.717, 1.165) is 6.42 Å². The second kappa shape index (κ2) is 3.00. The fourth-order valence-corrected chi connectivity index (χ4v) is 1.06. The quantitative estimate of drug-likeness (QED) is 0.516. The first-order valence-corrected chi connectivity index (χ1v) is 3.46. The molecule has 0 heterocycles. The Bertz CT molecular complexity index is 92.7. The highest BCUT2D eigenvalue weighted by molar-refractivity contribution is 5.25. The highest BCUT2D eigenvalue weighted by Gasteiger charge is 2.15. The molecule has 0 aliphatic rings. The van der Waals surface area contributed by atoms with Crippen LogP contribution in [0, 0.1) is 5.92 Å². The van der Waals surface area contributed by atoms with Gasteiger partial charge in [0.25, 0.3) is 0 Å². The number of hydrogen-bond acceptors (Lipinski definition) is 1. The van der Waals surface area contributed by atoms with E-state index in [1.54, 1.807) is 0 Å². The molecule has 0 saturated heterocycles. The van der Waals surface area contributed by atoms with Crippen molar-refractivity contribution in [1.82, 2.24) is 0 Å². The van der Waals surface area contributed by atoms with Crippen LogP contribution in [0.15, 0.2) is 4.99 Å². The van der Waals surface area contributed by atoms with Gasteiger partial charge in [-0.3, -0.25) is 4.99 Å². The molecule has 0 aromatic heterocycles. The van der Waals surface area contributed by atoms with Crippen LogP contribution in [0.1, 0.15) is 34.1 Å². The molecule has 0 aliphatic heterocycles. The minimum atomic E-state index is 0.0775. The van der Waals surface area contributed by atoms with Crippen LogP contribution < -0.4 is 0 Å². The molecule has 0 atom stereocenters. The third-order valence-electron chi connectivity index (χ3n) is 1.34. The Morgan fingerprint density at radius 3 is 2.00 bits per heavy atom. The van der Waals surface area contributed by atoms with E-state index in [4.69, 9.17) is 0 Å². The predicted molar refractivity (Wildman–Crippen MR) is 43.1 cm³/mol. The third kappa shape index (κ3) is 4.19. The highest BCUT2D eigenvalue weighted by atomic mass is 14.8. The second-order valence-electron chi connectivity index (χ2n) is 3.57. The van der Waals surface area contributed by atoms with Gasteiger partial charge in [0, 0.05) is 0 Å².